The maximum absolute atomic E-state index is 12.0. The number of benzene rings is 1. The summed E-state index contributed by atoms with van der Waals surface area (Å²) in [5.74, 6) is 0.604. The zero-order chi connectivity index (χ0) is 13.2. The van der Waals surface area contributed by atoms with E-state index < -0.39 is 0 Å². The van der Waals surface area contributed by atoms with Gasteiger partial charge in [-0.3, -0.25) is 0 Å². The first-order valence-electron chi connectivity index (χ1n) is 6.74. The van der Waals surface area contributed by atoms with Gasteiger partial charge in [0, 0.05) is 17.6 Å². The highest BCUT2D eigenvalue weighted by molar-refractivity contribution is 9.10. The van der Waals surface area contributed by atoms with Gasteiger partial charge in [-0.05, 0) is 43.1 Å². The average molecular weight is 324 g/mol. The third-order valence-corrected chi connectivity index (χ3v) is 4.37. The lowest BCUT2D eigenvalue weighted by Crippen LogP contribution is -2.33. The van der Waals surface area contributed by atoms with Crippen LogP contribution in [0.3, 0.4) is 0 Å². The van der Waals surface area contributed by atoms with E-state index in [0.29, 0.717) is 5.92 Å². The zero-order valence-corrected chi connectivity index (χ0v) is 12.3. The summed E-state index contributed by atoms with van der Waals surface area (Å²) in [7, 11) is 0. The summed E-state index contributed by atoms with van der Waals surface area (Å²) in [6, 6.07) is 8.33. The topological polar surface area (TPSA) is 44.4 Å². The van der Waals surface area contributed by atoms with E-state index in [2.05, 4.69) is 38.7 Å². The molecule has 4 nitrogen and oxygen atoms in total. The number of nitrogens with zero attached hydrogens (tertiary/aromatic N) is 1. The van der Waals surface area contributed by atoms with Gasteiger partial charge in [-0.1, -0.05) is 28.1 Å². The van der Waals surface area contributed by atoms with E-state index >= 15 is 0 Å². The Labute approximate surface area is 121 Å². The number of hydrogen-bond acceptors (Lipinski definition) is 2. The number of urea groups is 1. The molecule has 2 amide bonds. The van der Waals surface area contributed by atoms with E-state index in [0.717, 1.165) is 36.2 Å². The van der Waals surface area contributed by atoms with E-state index in [-0.39, 0.29) is 12.1 Å². The van der Waals surface area contributed by atoms with E-state index in [4.69, 9.17) is 0 Å². The summed E-state index contributed by atoms with van der Waals surface area (Å²) < 4.78 is 1.05. The van der Waals surface area contributed by atoms with Gasteiger partial charge in [-0.2, -0.15) is 0 Å². The Hall–Kier alpha value is -1.07. The largest absolute Gasteiger partial charge is 0.329 e. The summed E-state index contributed by atoms with van der Waals surface area (Å²) >= 11 is 3.48. The van der Waals surface area contributed by atoms with Crippen LogP contribution in [0.5, 0.6) is 0 Å². The molecule has 2 fully saturated rings. The maximum Gasteiger partial charge on any atom is 0.318 e. The summed E-state index contributed by atoms with van der Waals surface area (Å²) in [6.07, 6.45) is 1.17. The molecule has 102 valence electrons. The fraction of sp³-hybridized carbons (Fsp3) is 0.500. The molecule has 1 aromatic carbocycles. The lowest BCUT2D eigenvalue weighted by molar-refractivity contribution is 0.210. The van der Waals surface area contributed by atoms with Gasteiger partial charge in [0.1, 0.15) is 0 Å². The van der Waals surface area contributed by atoms with Gasteiger partial charge in [0.05, 0.1) is 6.04 Å². The molecule has 0 spiro atoms. The monoisotopic (exact) mass is 323 g/mol. The van der Waals surface area contributed by atoms with Crippen LogP contribution in [-0.2, 0) is 0 Å². The Morgan fingerprint density at radius 1 is 1.42 bits per heavy atom. The third-order valence-electron chi connectivity index (χ3n) is 3.88. The van der Waals surface area contributed by atoms with Crippen molar-refractivity contribution in [2.24, 2.45) is 5.92 Å². The van der Waals surface area contributed by atoms with Crippen LogP contribution in [0.2, 0.25) is 0 Å². The third kappa shape index (κ3) is 2.92. The molecule has 2 aliphatic heterocycles. The van der Waals surface area contributed by atoms with Gasteiger partial charge in [0.25, 0.3) is 0 Å². The first kappa shape index (κ1) is 12.9. The SMILES string of the molecule is O=C1NC(c2cccc(Br)c2)CN1CC1CCNC1. The minimum absolute atomic E-state index is 0.0666. The Bertz CT molecular complexity index is 474. The minimum Gasteiger partial charge on any atom is -0.329 e. The molecule has 0 bridgehead atoms. The van der Waals surface area contributed by atoms with E-state index in [1.807, 2.05) is 17.0 Å². The second kappa shape index (κ2) is 5.51. The van der Waals surface area contributed by atoms with Crippen molar-refractivity contribution in [1.82, 2.24) is 15.5 Å². The van der Waals surface area contributed by atoms with Crippen molar-refractivity contribution in [3.05, 3.63) is 34.3 Å². The second-order valence-corrected chi connectivity index (χ2v) is 6.24. The van der Waals surface area contributed by atoms with Crippen molar-refractivity contribution in [1.29, 1.82) is 0 Å². The van der Waals surface area contributed by atoms with Crippen molar-refractivity contribution < 1.29 is 4.79 Å². The number of hydrogen-bond donors (Lipinski definition) is 2. The fourth-order valence-corrected chi connectivity index (χ4v) is 3.26. The molecule has 2 heterocycles. The first-order valence-corrected chi connectivity index (χ1v) is 7.53. The van der Waals surface area contributed by atoms with Crippen molar-refractivity contribution in [2.75, 3.05) is 26.2 Å². The quantitative estimate of drug-likeness (QED) is 0.895. The van der Waals surface area contributed by atoms with Crippen molar-refractivity contribution in [3.63, 3.8) is 0 Å². The highest BCUT2D eigenvalue weighted by Crippen LogP contribution is 2.24. The highest BCUT2D eigenvalue weighted by Gasteiger charge is 2.31. The number of halogens is 1. The van der Waals surface area contributed by atoms with E-state index in [1.165, 1.54) is 6.42 Å². The molecular formula is C14H18BrN3O. The summed E-state index contributed by atoms with van der Waals surface area (Å²) in [5, 5.41) is 6.41. The summed E-state index contributed by atoms with van der Waals surface area (Å²) in [5.41, 5.74) is 1.16. The van der Waals surface area contributed by atoms with E-state index in [1.54, 1.807) is 0 Å². The van der Waals surface area contributed by atoms with Crippen molar-refractivity contribution in [3.8, 4) is 0 Å². The number of amides is 2. The van der Waals surface area contributed by atoms with Crippen LogP contribution in [0.15, 0.2) is 28.7 Å². The first-order chi connectivity index (χ1) is 9.22. The van der Waals surface area contributed by atoms with Crippen molar-refractivity contribution in [2.45, 2.75) is 12.5 Å². The predicted molar refractivity (Wildman–Crippen MR) is 78.0 cm³/mol. The number of nitrogens with one attached hydrogen (secondary N) is 2. The Morgan fingerprint density at radius 3 is 3.05 bits per heavy atom. The predicted octanol–water partition coefficient (Wildman–Crippen LogP) is 2.12. The van der Waals surface area contributed by atoms with Crippen LogP contribution >= 0.6 is 15.9 Å². The van der Waals surface area contributed by atoms with Crippen molar-refractivity contribution >= 4 is 22.0 Å². The van der Waals surface area contributed by atoms with E-state index in [9.17, 15) is 4.79 Å². The lowest BCUT2D eigenvalue weighted by Gasteiger charge is -2.18. The molecule has 5 heteroatoms. The van der Waals surface area contributed by atoms with Gasteiger partial charge in [0.15, 0.2) is 0 Å². The minimum atomic E-state index is 0.0666. The van der Waals surface area contributed by atoms with Gasteiger partial charge in [0.2, 0.25) is 0 Å². The maximum atomic E-state index is 12.0. The Balaban J connectivity index is 1.65. The standard InChI is InChI=1S/C14H18BrN3O/c15-12-3-1-2-11(6-12)13-9-18(14(19)17-13)8-10-4-5-16-7-10/h1-3,6,10,13,16H,4-5,7-9H2,(H,17,19). The number of carbonyl (C=O) groups excluding carboxylic acids is 1. The average Bonchev–Trinajstić information content (AvgIpc) is 3.01. The lowest BCUT2D eigenvalue weighted by atomic mass is 10.1. The van der Waals surface area contributed by atoms with Crippen LogP contribution in [-0.4, -0.2) is 37.1 Å². The van der Waals surface area contributed by atoms with Crippen LogP contribution in [0.25, 0.3) is 0 Å². The molecule has 3 rings (SSSR count). The number of rotatable bonds is 3. The number of carbonyl (C=O) groups is 1. The smallest absolute Gasteiger partial charge is 0.318 e. The second-order valence-electron chi connectivity index (χ2n) is 5.32. The molecule has 2 atom stereocenters. The Kier molecular flexibility index (Phi) is 3.75. The normalized spacial score (nSPS) is 26.8. The molecule has 0 aromatic heterocycles. The summed E-state index contributed by atoms with van der Waals surface area (Å²) in [6.45, 7) is 3.75. The van der Waals surface area contributed by atoms with Gasteiger partial charge in [-0.25, -0.2) is 4.79 Å². The molecule has 2 N–H and O–H groups in total. The molecule has 2 aliphatic rings. The highest BCUT2D eigenvalue weighted by atomic mass is 79.9. The molecule has 0 radical (unpaired) electrons. The van der Waals surface area contributed by atoms with Gasteiger partial charge >= 0.3 is 6.03 Å². The van der Waals surface area contributed by atoms with Crippen LogP contribution in [0, 0.1) is 5.92 Å². The van der Waals surface area contributed by atoms with Gasteiger partial charge in [-0.15, -0.1) is 0 Å². The molecule has 1 aromatic rings. The van der Waals surface area contributed by atoms with Crippen LogP contribution in [0.1, 0.15) is 18.0 Å². The zero-order valence-electron chi connectivity index (χ0n) is 10.7. The molecule has 0 saturated carbocycles. The molecule has 2 saturated heterocycles. The Morgan fingerprint density at radius 2 is 2.32 bits per heavy atom. The fourth-order valence-electron chi connectivity index (χ4n) is 2.84. The molecule has 0 aliphatic carbocycles. The van der Waals surface area contributed by atoms with Gasteiger partial charge < -0.3 is 15.5 Å². The van der Waals surface area contributed by atoms with Crippen LogP contribution in [0.4, 0.5) is 4.79 Å². The summed E-state index contributed by atoms with van der Waals surface area (Å²) in [4.78, 5) is 14.0. The molecule has 19 heavy (non-hydrogen) atoms. The molecule has 2 unspecified atom stereocenters. The molecular weight excluding hydrogens is 306 g/mol. The van der Waals surface area contributed by atoms with Crippen LogP contribution < -0.4 is 10.6 Å².